The van der Waals surface area contributed by atoms with Crippen molar-refractivity contribution in [2.75, 3.05) is 6.54 Å². The van der Waals surface area contributed by atoms with Crippen molar-refractivity contribution in [1.82, 2.24) is 14.9 Å². The molecule has 114 valence electrons. The molecule has 0 bridgehead atoms. The van der Waals surface area contributed by atoms with Crippen LogP contribution in [0.15, 0.2) is 30.6 Å². The summed E-state index contributed by atoms with van der Waals surface area (Å²) in [7, 11) is 0. The Kier molecular flexibility index (Phi) is 5.93. The standard InChI is InChI=1S/C17H24FN3/c1-3-7-19-13-15-11-14(5-6-16(15)18)12-17-20-8-10-21(17)9-4-2/h5-6,8,10-11,19H,3-4,7,9,12-13H2,1-2H3. The van der Waals surface area contributed by atoms with Crippen LogP contribution in [0, 0.1) is 5.82 Å². The summed E-state index contributed by atoms with van der Waals surface area (Å²) in [6, 6.07) is 5.36. The summed E-state index contributed by atoms with van der Waals surface area (Å²) in [5, 5.41) is 3.25. The number of hydrogen-bond acceptors (Lipinski definition) is 2. The summed E-state index contributed by atoms with van der Waals surface area (Å²) in [6.07, 6.45) is 6.72. The number of halogens is 1. The van der Waals surface area contributed by atoms with Gasteiger partial charge in [-0.15, -0.1) is 0 Å². The van der Waals surface area contributed by atoms with Gasteiger partial charge in [-0.3, -0.25) is 0 Å². The third-order valence-corrected chi connectivity index (χ3v) is 3.48. The van der Waals surface area contributed by atoms with Gasteiger partial charge in [-0.1, -0.05) is 26.0 Å². The van der Waals surface area contributed by atoms with E-state index in [1.165, 1.54) is 0 Å². The topological polar surface area (TPSA) is 29.9 Å². The van der Waals surface area contributed by atoms with Gasteiger partial charge >= 0.3 is 0 Å². The van der Waals surface area contributed by atoms with Crippen molar-refractivity contribution in [3.63, 3.8) is 0 Å². The normalized spacial score (nSPS) is 11.0. The van der Waals surface area contributed by atoms with Gasteiger partial charge in [0.1, 0.15) is 11.6 Å². The van der Waals surface area contributed by atoms with Gasteiger partial charge in [0.25, 0.3) is 0 Å². The van der Waals surface area contributed by atoms with Crippen molar-refractivity contribution in [2.45, 2.75) is 46.2 Å². The molecular weight excluding hydrogens is 265 g/mol. The lowest BCUT2D eigenvalue weighted by atomic mass is 10.1. The fourth-order valence-corrected chi connectivity index (χ4v) is 2.41. The number of nitrogens with zero attached hydrogens (tertiary/aromatic N) is 2. The second kappa shape index (κ2) is 7.93. The van der Waals surface area contributed by atoms with Gasteiger partial charge in [0.05, 0.1) is 0 Å². The third kappa shape index (κ3) is 4.39. The molecule has 0 saturated heterocycles. The molecule has 0 fully saturated rings. The van der Waals surface area contributed by atoms with Crippen LogP contribution in [0.5, 0.6) is 0 Å². The Morgan fingerprint density at radius 3 is 2.86 bits per heavy atom. The number of benzene rings is 1. The van der Waals surface area contributed by atoms with Gasteiger partial charge in [-0.05, 0) is 31.0 Å². The molecule has 0 amide bonds. The van der Waals surface area contributed by atoms with Crippen molar-refractivity contribution >= 4 is 0 Å². The number of rotatable bonds is 8. The molecule has 0 aliphatic heterocycles. The smallest absolute Gasteiger partial charge is 0.127 e. The first-order valence-electron chi connectivity index (χ1n) is 7.72. The Balaban J connectivity index is 2.09. The van der Waals surface area contributed by atoms with E-state index in [-0.39, 0.29) is 5.82 Å². The lowest BCUT2D eigenvalue weighted by Crippen LogP contribution is -2.15. The Morgan fingerprint density at radius 2 is 2.10 bits per heavy atom. The quantitative estimate of drug-likeness (QED) is 0.754. The average Bonchev–Trinajstić information content (AvgIpc) is 2.90. The SMILES string of the molecule is CCCNCc1cc(Cc2nccn2CCC)ccc1F. The van der Waals surface area contributed by atoms with Crippen molar-refractivity contribution < 1.29 is 4.39 Å². The molecule has 0 aliphatic carbocycles. The zero-order chi connectivity index (χ0) is 15.1. The lowest BCUT2D eigenvalue weighted by Gasteiger charge is -2.09. The van der Waals surface area contributed by atoms with Crippen molar-refractivity contribution in [1.29, 1.82) is 0 Å². The van der Waals surface area contributed by atoms with Crippen molar-refractivity contribution in [2.24, 2.45) is 0 Å². The minimum atomic E-state index is -0.140. The minimum Gasteiger partial charge on any atom is -0.335 e. The molecule has 0 atom stereocenters. The van der Waals surface area contributed by atoms with E-state index < -0.39 is 0 Å². The number of hydrogen-bond donors (Lipinski definition) is 1. The highest BCUT2D eigenvalue weighted by molar-refractivity contribution is 5.27. The molecule has 0 unspecified atom stereocenters. The molecule has 0 saturated carbocycles. The zero-order valence-corrected chi connectivity index (χ0v) is 12.9. The minimum absolute atomic E-state index is 0.140. The first-order valence-corrected chi connectivity index (χ1v) is 7.72. The van der Waals surface area contributed by atoms with Crippen LogP contribution in [0.3, 0.4) is 0 Å². The summed E-state index contributed by atoms with van der Waals surface area (Å²) in [6.45, 7) is 6.72. The molecule has 2 rings (SSSR count). The van der Waals surface area contributed by atoms with E-state index in [4.69, 9.17) is 0 Å². The lowest BCUT2D eigenvalue weighted by molar-refractivity contribution is 0.585. The molecule has 21 heavy (non-hydrogen) atoms. The number of imidazole rings is 1. The van der Waals surface area contributed by atoms with Gasteiger partial charge in [-0.25, -0.2) is 9.37 Å². The molecule has 1 aromatic carbocycles. The fraction of sp³-hybridized carbons (Fsp3) is 0.471. The van der Waals surface area contributed by atoms with Gasteiger partial charge in [0.15, 0.2) is 0 Å². The summed E-state index contributed by atoms with van der Waals surface area (Å²) in [5.41, 5.74) is 1.84. The van der Waals surface area contributed by atoms with Crippen LogP contribution in [0.25, 0.3) is 0 Å². The van der Waals surface area contributed by atoms with Crippen LogP contribution in [0.2, 0.25) is 0 Å². The van der Waals surface area contributed by atoms with Crippen molar-refractivity contribution in [3.8, 4) is 0 Å². The molecule has 2 aromatic rings. The first kappa shape index (κ1) is 15.7. The maximum atomic E-state index is 13.8. The third-order valence-electron chi connectivity index (χ3n) is 3.48. The molecule has 0 spiro atoms. The van der Waals surface area contributed by atoms with E-state index >= 15 is 0 Å². The Hall–Kier alpha value is -1.68. The maximum absolute atomic E-state index is 13.8. The summed E-state index contributed by atoms with van der Waals surface area (Å²) in [4.78, 5) is 4.41. The average molecular weight is 289 g/mol. The second-order valence-corrected chi connectivity index (χ2v) is 5.32. The second-order valence-electron chi connectivity index (χ2n) is 5.32. The van der Waals surface area contributed by atoms with Crippen LogP contribution >= 0.6 is 0 Å². The molecule has 0 radical (unpaired) electrons. The molecule has 1 heterocycles. The van der Waals surface area contributed by atoms with E-state index in [2.05, 4.69) is 28.7 Å². The molecular formula is C17H24FN3. The largest absolute Gasteiger partial charge is 0.335 e. The highest BCUT2D eigenvalue weighted by Gasteiger charge is 2.07. The Bertz CT molecular complexity index is 563. The van der Waals surface area contributed by atoms with E-state index in [9.17, 15) is 4.39 Å². The maximum Gasteiger partial charge on any atom is 0.127 e. The van der Waals surface area contributed by atoms with Gasteiger partial charge < -0.3 is 9.88 Å². The van der Waals surface area contributed by atoms with Gasteiger partial charge in [0, 0.05) is 37.5 Å². The summed E-state index contributed by atoms with van der Waals surface area (Å²) in [5.74, 6) is 0.898. The Morgan fingerprint density at radius 1 is 1.24 bits per heavy atom. The number of nitrogens with one attached hydrogen (secondary N) is 1. The number of aryl methyl sites for hydroxylation is 1. The highest BCUT2D eigenvalue weighted by atomic mass is 19.1. The molecule has 1 aromatic heterocycles. The van der Waals surface area contributed by atoms with Gasteiger partial charge in [-0.2, -0.15) is 0 Å². The summed E-state index contributed by atoms with van der Waals surface area (Å²) >= 11 is 0. The summed E-state index contributed by atoms with van der Waals surface area (Å²) < 4.78 is 16.0. The highest BCUT2D eigenvalue weighted by Crippen LogP contribution is 2.14. The van der Waals surface area contributed by atoms with E-state index in [0.717, 1.165) is 49.3 Å². The van der Waals surface area contributed by atoms with Crippen LogP contribution in [-0.4, -0.2) is 16.1 Å². The van der Waals surface area contributed by atoms with Crippen LogP contribution in [0.4, 0.5) is 4.39 Å². The fourth-order valence-electron chi connectivity index (χ4n) is 2.41. The molecule has 3 nitrogen and oxygen atoms in total. The van der Waals surface area contributed by atoms with Crippen molar-refractivity contribution in [3.05, 3.63) is 53.4 Å². The van der Waals surface area contributed by atoms with Gasteiger partial charge in [0.2, 0.25) is 0 Å². The van der Waals surface area contributed by atoms with E-state index in [1.54, 1.807) is 6.07 Å². The molecule has 4 heteroatoms. The van der Waals surface area contributed by atoms with Crippen LogP contribution < -0.4 is 5.32 Å². The predicted octanol–water partition coefficient (Wildman–Crippen LogP) is 3.52. The number of aromatic nitrogens is 2. The monoisotopic (exact) mass is 289 g/mol. The zero-order valence-electron chi connectivity index (χ0n) is 12.9. The van der Waals surface area contributed by atoms with E-state index in [1.807, 2.05) is 24.5 Å². The van der Waals surface area contributed by atoms with Crippen LogP contribution in [-0.2, 0) is 19.5 Å². The van der Waals surface area contributed by atoms with Crippen LogP contribution in [0.1, 0.15) is 43.6 Å². The first-order chi connectivity index (χ1) is 10.2. The van der Waals surface area contributed by atoms with E-state index in [0.29, 0.717) is 6.54 Å². The molecule has 0 aliphatic rings. The Labute approximate surface area is 126 Å². The molecule has 1 N–H and O–H groups in total. The predicted molar refractivity (Wildman–Crippen MR) is 83.7 cm³/mol.